The van der Waals surface area contributed by atoms with Gasteiger partial charge >= 0.3 is 0 Å². The van der Waals surface area contributed by atoms with Crippen molar-refractivity contribution in [3.63, 3.8) is 0 Å². The van der Waals surface area contributed by atoms with E-state index in [4.69, 9.17) is 27.9 Å². The van der Waals surface area contributed by atoms with E-state index in [1.54, 1.807) is 12.1 Å². The predicted octanol–water partition coefficient (Wildman–Crippen LogP) is 3.93. The lowest BCUT2D eigenvalue weighted by Gasteiger charge is -2.25. The summed E-state index contributed by atoms with van der Waals surface area (Å²) in [6.45, 7) is 0. The van der Waals surface area contributed by atoms with Crippen molar-refractivity contribution in [3.8, 4) is 17.0 Å². The van der Waals surface area contributed by atoms with Gasteiger partial charge in [-0.3, -0.25) is 0 Å². The Labute approximate surface area is 131 Å². The Hall–Kier alpha value is -1.36. The molecule has 1 aromatic carbocycles. The fourth-order valence-corrected chi connectivity index (χ4v) is 3.65. The minimum atomic E-state index is -0.00468. The Morgan fingerprint density at radius 3 is 2.86 bits per heavy atom. The molecular weight excluding hydrogens is 311 g/mol. The SMILES string of the molecule is Oc1cc(Cl)ccc1-c1nnc(Cl)c2c1CC1CCC2O1. The van der Waals surface area contributed by atoms with Crippen LogP contribution in [0, 0.1) is 0 Å². The molecule has 0 amide bonds. The molecule has 21 heavy (non-hydrogen) atoms. The van der Waals surface area contributed by atoms with Crippen LogP contribution in [0.15, 0.2) is 18.2 Å². The molecule has 3 heterocycles. The number of hydrogen-bond donors (Lipinski definition) is 1. The van der Waals surface area contributed by atoms with Crippen LogP contribution in [-0.2, 0) is 11.2 Å². The van der Waals surface area contributed by atoms with Crippen LogP contribution in [0.4, 0.5) is 0 Å². The lowest BCUT2D eigenvalue weighted by atomic mass is 9.95. The standard InChI is InChI=1S/C15H12Cl2N2O2/c16-7-1-3-9(11(20)5-7)14-10-6-8-2-4-12(21-8)13(10)15(17)19-18-14/h1,3,5,8,12,20H,2,4,6H2. The number of hydrogen-bond acceptors (Lipinski definition) is 4. The van der Waals surface area contributed by atoms with Crippen molar-refractivity contribution in [2.24, 2.45) is 0 Å². The molecule has 0 saturated carbocycles. The molecule has 1 saturated heterocycles. The smallest absolute Gasteiger partial charge is 0.157 e. The summed E-state index contributed by atoms with van der Waals surface area (Å²) in [6, 6.07) is 4.99. The van der Waals surface area contributed by atoms with Crippen LogP contribution in [0.5, 0.6) is 5.75 Å². The first-order chi connectivity index (χ1) is 10.1. The third-order valence-electron chi connectivity index (χ3n) is 4.15. The molecule has 108 valence electrons. The number of aromatic nitrogens is 2. The maximum atomic E-state index is 10.1. The van der Waals surface area contributed by atoms with E-state index < -0.39 is 0 Å². The Morgan fingerprint density at radius 1 is 1.19 bits per heavy atom. The van der Waals surface area contributed by atoms with Gasteiger partial charge in [0.05, 0.1) is 12.2 Å². The summed E-state index contributed by atoms with van der Waals surface area (Å²) in [7, 11) is 0. The molecule has 1 fully saturated rings. The van der Waals surface area contributed by atoms with Crippen molar-refractivity contribution in [1.82, 2.24) is 10.2 Å². The molecule has 2 bridgehead atoms. The largest absolute Gasteiger partial charge is 0.507 e. The van der Waals surface area contributed by atoms with E-state index in [0.717, 1.165) is 30.4 Å². The summed E-state index contributed by atoms with van der Waals surface area (Å²) in [6.07, 6.45) is 2.92. The summed E-state index contributed by atoms with van der Waals surface area (Å²) >= 11 is 12.1. The van der Waals surface area contributed by atoms with E-state index in [2.05, 4.69) is 10.2 Å². The molecule has 2 aliphatic rings. The van der Waals surface area contributed by atoms with Gasteiger partial charge in [-0.15, -0.1) is 10.2 Å². The first-order valence-electron chi connectivity index (χ1n) is 6.83. The molecule has 2 unspecified atom stereocenters. The number of aromatic hydroxyl groups is 1. The Kier molecular flexibility index (Phi) is 3.06. The van der Waals surface area contributed by atoms with E-state index in [9.17, 15) is 5.11 Å². The van der Waals surface area contributed by atoms with Crippen LogP contribution in [-0.4, -0.2) is 21.4 Å². The van der Waals surface area contributed by atoms with Gasteiger partial charge in [0.2, 0.25) is 0 Å². The highest BCUT2D eigenvalue weighted by Crippen LogP contribution is 2.46. The molecule has 4 rings (SSSR count). The summed E-state index contributed by atoms with van der Waals surface area (Å²) in [5.41, 5.74) is 3.25. The zero-order valence-electron chi connectivity index (χ0n) is 11.0. The number of halogens is 2. The topological polar surface area (TPSA) is 55.2 Å². The fourth-order valence-electron chi connectivity index (χ4n) is 3.21. The van der Waals surface area contributed by atoms with Crippen molar-refractivity contribution < 1.29 is 9.84 Å². The zero-order chi connectivity index (χ0) is 14.6. The summed E-state index contributed by atoms with van der Waals surface area (Å²) in [4.78, 5) is 0. The van der Waals surface area contributed by atoms with Crippen LogP contribution in [0.3, 0.4) is 0 Å². The molecule has 4 nitrogen and oxygen atoms in total. The average molecular weight is 323 g/mol. The number of rotatable bonds is 1. The first kappa shape index (κ1) is 13.3. The molecule has 2 aliphatic heterocycles. The molecule has 6 heteroatoms. The summed E-state index contributed by atoms with van der Waals surface area (Å²) < 4.78 is 5.91. The van der Waals surface area contributed by atoms with Gasteiger partial charge in [-0.1, -0.05) is 23.2 Å². The quantitative estimate of drug-likeness (QED) is 0.864. The number of ether oxygens (including phenoxy) is 1. The number of fused-ring (bicyclic) bond motifs is 4. The van der Waals surface area contributed by atoms with Gasteiger partial charge in [0.1, 0.15) is 11.4 Å². The van der Waals surface area contributed by atoms with Crippen molar-refractivity contribution >= 4 is 23.2 Å². The maximum Gasteiger partial charge on any atom is 0.157 e. The van der Waals surface area contributed by atoms with Crippen LogP contribution < -0.4 is 0 Å². The van der Waals surface area contributed by atoms with Crippen LogP contribution in [0.25, 0.3) is 11.3 Å². The van der Waals surface area contributed by atoms with Gasteiger partial charge in [0, 0.05) is 22.6 Å². The van der Waals surface area contributed by atoms with Crippen LogP contribution in [0.2, 0.25) is 10.2 Å². The predicted molar refractivity (Wildman–Crippen MR) is 79.7 cm³/mol. The molecule has 0 spiro atoms. The third-order valence-corrected chi connectivity index (χ3v) is 4.66. The summed E-state index contributed by atoms with van der Waals surface area (Å²) in [5.74, 6) is 0.0974. The molecule has 2 aromatic rings. The van der Waals surface area contributed by atoms with Crippen molar-refractivity contribution in [3.05, 3.63) is 39.5 Å². The van der Waals surface area contributed by atoms with Gasteiger partial charge in [-0.05, 0) is 36.6 Å². The van der Waals surface area contributed by atoms with Crippen molar-refractivity contribution in [1.29, 1.82) is 0 Å². The lowest BCUT2D eigenvalue weighted by molar-refractivity contribution is 0.0321. The number of phenols is 1. The zero-order valence-corrected chi connectivity index (χ0v) is 12.5. The second-order valence-electron chi connectivity index (χ2n) is 5.42. The van der Waals surface area contributed by atoms with Gasteiger partial charge in [0.15, 0.2) is 5.15 Å². The second kappa shape index (κ2) is 4.83. The average Bonchev–Trinajstić information content (AvgIpc) is 2.82. The highest BCUT2D eigenvalue weighted by Gasteiger charge is 2.38. The minimum absolute atomic E-state index is 0.00468. The van der Waals surface area contributed by atoms with Gasteiger partial charge in [0.25, 0.3) is 0 Å². The first-order valence-corrected chi connectivity index (χ1v) is 7.58. The Balaban J connectivity index is 1.93. The third kappa shape index (κ3) is 2.09. The van der Waals surface area contributed by atoms with E-state index in [1.807, 2.05) is 0 Å². The van der Waals surface area contributed by atoms with Gasteiger partial charge in [-0.25, -0.2) is 0 Å². The minimum Gasteiger partial charge on any atom is -0.507 e. The Morgan fingerprint density at radius 2 is 2.05 bits per heavy atom. The van der Waals surface area contributed by atoms with Crippen molar-refractivity contribution in [2.75, 3.05) is 0 Å². The van der Waals surface area contributed by atoms with Crippen LogP contribution >= 0.6 is 23.2 Å². The van der Waals surface area contributed by atoms with E-state index in [0.29, 0.717) is 21.4 Å². The molecule has 0 radical (unpaired) electrons. The molecule has 0 aliphatic carbocycles. The second-order valence-corrected chi connectivity index (χ2v) is 6.22. The van der Waals surface area contributed by atoms with Crippen LogP contribution in [0.1, 0.15) is 30.1 Å². The number of nitrogens with zero attached hydrogens (tertiary/aromatic N) is 2. The van der Waals surface area contributed by atoms with E-state index >= 15 is 0 Å². The summed E-state index contributed by atoms with van der Waals surface area (Å²) in [5, 5.41) is 19.3. The number of phenolic OH excluding ortho intramolecular Hbond substituents is 1. The Bertz CT molecular complexity index is 736. The van der Waals surface area contributed by atoms with E-state index in [1.165, 1.54) is 6.07 Å². The monoisotopic (exact) mass is 322 g/mol. The van der Waals surface area contributed by atoms with E-state index in [-0.39, 0.29) is 18.0 Å². The lowest BCUT2D eigenvalue weighted by Crippen LogP contribution is -2.20. The fraction of sp³-hybridized carbons (Fsp3) is 0.333. The molecule has 1 N–H and O–H groups in total. The normalized spacial score (nSPS) is 23.1. The highest BCUT2D eigenvalue weighted by molar-refractivity contribution is 6.31. The molecule has 1 aromatic heterocycles. The van der Waals surface area contributed by atoms with Gasteiger partial charge < -0.3 is 9.84 Å². The van der Waals surface area contributed by atoms with Crippen molar-refractivity contribution in [2.45, 2.75) is 31.5 Å². The van der Waals surface area contributed by atoms with Gasteiger partial charge in [-0.2, -0.15) is 0 Å². The highest BCUT2D eigenvalue weighted by atomic mass is 35.5. The maximum absolute atomic E-state index is 10.1. The number of benzene rings is 1. The molecular formula is C15H12Cl2N2O2. The molecule has 2 atom stereocenters.